The first kappa shape index (κ1) is 11.2. The van der Waals surface area contributed by atoms with Gasteiger partial charge in [0.05, 0.1) is 15.2 Å². The van der Waals surface area contributed by atoms with E-state index in [1.165, 1.54) is 17.5 Å². The van der Waals surface area contributed by atoms with Gasteiger partial charge in [-0.3, -0.25) is 0 Å². The average molecular weight is 207 g/mol. The van der Waals surface area contributed by atoms with Gasteiger partial charge in [-0.15, -0.1) is 11.3 Å². The fourth-order valence-corrected chi connectivity index (χ4v) is 1.81. The summed E-state index contributed by atoms with van der Waals surface area (Å²) in [4.78, 5) is 4.33. The van der Waals surface area contributed by atoms with Gasteiger partial charge in [-0.25, -0.2) is 4.98 Å². The molecule has 2 aromatic rings. The van der Waals surface area contributed by atoms with Gasteiger partial charge in [0, 0.05) is 0 Å². The predicted octanol–water partition coefficient (Wildman–Crippen LogP) is 4.41. The Morgan fingerprint density at radius 1 is 1.14 bits per heavy atom. The topological polar surface area (TPSA) is 12.9 Å². The van der Waals surface area contributed by atoms with Gasteiger partial charge in [-0.05, 0) is 19.1 Å². The lowest BCUT2D eigenvalue weighted by atomic mass is 10.3. The van der Waals surface area contributed by atoms with E-state index >= 15 is 0 Å². The molecule has 14 heavy (non-hydrogen) atoms. The molecule has 1 aromatic carbocycles. The molecule has 1 nitrogen and oxygen atoms in total. The van der Waals surface area contributed by atoms with Gasteiger partial charge in [0.25, 0.3) is 0 Å². The molecule has 0 spiro atoms. The van der Waals surface area contributed by atoms with E-state index in [2.05, 4.69) is 24.9 Å². The van der Waals surface area contributed by atoms with Crippen LogP contribution in [0.15, 0.2) is 24.3 Å². The summed E-state index contributed by atoms with van der Waals surface area (Å²) in [5.41, 5.74) is 1.12. The third kappa shape index (κ3) is 3.11. The lowest BCUT2D eigenvalue weighted by molar-refractivity contribution is 0.886. The lowest BCUT2D eigenvalue weighted by Gasteiger charge is -1.80. The summed E-state index contributed by atoms with van der Waals surface area (Å²) < 4.78 is 1.28. The number of benzene rings is 1. The minimum atomic E-state index is 1.12. The fraction of sp³-hybridized carbons (Fsp3) is 0.417. The quantitative estimate of drug-likeness (QED) is 0.675. The number of unbranched alkanes of at least 4 members (excludes halogenated alkanes) is 1. The summed E-state index contributed by atoms with van der Waals surface area (Å²) in [6, 6.07) is 8.19. The first-order chi connectivity index (χ1) is 6.77. The summed E-state index contributed by atoms with van der Waals surface area (Å²) in [7, 11) is 0. The van der Waals surface area contributed by atoms with Gasteiger partial charge in [0.2, 0.25) is 0 Å². The molecule has 0 aliphatic heterocycles. The van der Waals surface area contributed by atoms with Crippen molar-refractivity contribution in [1.82, 2.24) is 4.98 Å². The number of aryl methyl sites for hydroxylation is 1. The maximum atomic E-state index is 4.33. The van der Waals surface area contributed by atoms with Crippen LogP contribution in [0.3, 0.4) is 0 Å². The molecule has 2 rings (SSSR count). The second-order valence-corrected chi connectivity index (χ2v) is 4.44. The largest absolute Gasteiger partial charge is 0.242 e. The van der Waals surface area contributed by atoms with Crippen molar-refractivity contribution in [2.75, 3.05) is 0 Å². The highest BCUT2D eigenvalue weighted by atomic mass is 32.1. The Morgan fingerprint density at radius 2 is 1.79 bits per heavy atom. The van der Waals surface area contributed by atoms with Crippen molar-refractivity contribution in [3.63, 3.8) is 0 Å². The minimum Gasteiger partial charge on any atom is -0.242 e. The second kappa shape index (κ2) is 5.76. The number of fused-ring (bicyclic) bond motifs is 1. The highest BCUT2D eigenvalue weighted by molar-refractivity contribution is 7.18. The molecule has 0 saturated carbocycles. The molecule has 1 aromatic heterocycles. The highest BCUT2D eigenvalue weighted by Crippen LogP contribution is 2.19. The Labute approximate surface area is 89.8 Å². The smallest absolute Gasteiger partial charge is 0.0907 e. The average Bonchev–Trinajstić information content (AvgIpc) is 2.58. The minimum absolute atomic E-state index is 1.12. The molecular weight excluding hydrogens is 190 g/mol. The molecule has 1 heterocycles. The lowest BCUT2D eigenvalue weighted by Crippen LogP contribution is -1.65. The van der Waals surface area contributed by atoms with Gasteiger partial charge in [-0.2, -0.15) is 0 Å². The van der Waals surface area contributed by atoms with Crippen LogP contribution in [0.4, 0.5) is 0 Å². The number of aromatic nitrogens is 1. The number of rotatable bonds is 1. The van der Waals surface area contributed by atoms with E-state index in [-0.39, 0.29) is 0 Å². The molecule has 0 aliphatic carbocycles. The Hall–Kier alpha value is -0.890. The molecule has 0 fully saturated rings. The maximum Gasteiger partial charge on any atom is 0.0907 e. The van der Waals surface area contributed by atoms with Crippen molar-refractivity contribution in [2.24, 2.45) is 0 Å². The van der Waals surface area contributed by atoms with Crippen molar-refractivity contribution in [1.29, 1.82) is 0 Å². The van der Waals surface area contributed by atoms with Gasteiger partial charge in [0.1, 0.15) is 0 Å². The van der Waals surface area contributed by atoms with E-state index in [0.717, 1.165) is 10.5 Å². The first-order valence-corrected chi connectivity index (χ1v) is 5.91. The number of hydrogen-bond acceptors (Lipinski definition) is 2. The fourth-order valence-electron chi connectivity index (χ4n) is 0.987. The molecule has 76 valence electrons. The van der Waals surface area contributed by atoms with E-state index in [4.69, 9.17) is 0 Å². The van der Waals surface area contributed by atoms with Gasteiger partial charge in [-0.1, -0.05) is 38.8 Å². The summed E-state index contributed by atoms with van der Waals surface area (Å²) in [6.45, 7) is 6.39. The van der Waals surface area contributed by atoms with Crippen LogP contribution >= 0.6 is 11.3 Å². The molecular formula is C12H17NS. The third-order valence-corrected chi connectivity index (χ3v) is 2.85. The number of thiazole rings is 1. The van der Waals surface area contributed by atoms with Crippen LogP contribution in [-0.4, -0.2) is 4.98 Å². The number of para-hydroxylation sites is 1. The van der Waals surface area contributed by atoms with Crippen molar-refractivity contribution in [3.05, 3.63) is 29.3 Å². The van der Waals surface area contributed by atoms with Crippen LogP contribution in [0.25, 0.3) is 10.2 Å². The van der Waals surface area contributed by atoms with E-state index < -0.39 is 0 Å². The van der Waals surface area contributed by atoms with Crippen molar-refractivity contribution in [3.8, 4) is 0 Å². The first-order valence-electron chi connectivity index (χ1n) is 5.10. The zero-order valence-electron chi connectivity index (χ0n) is 9.08. The monoisotopic (exact) mass is 207 g/mol. The van der Waals surface area contributed by atoms with Crippen molar-refractivity contribution in [2.45, 2.75) is 33.6 Å². The van der Waals surface area contributed by atoms with E-state index in [9.17, 15) is 0 Å². The molecule has 0 N–H and O–H groups in total. The summed E-state index contributed by atoms with van der Waals surface area (Å²) in [5.74, 6) is 0. The predicted molar refractivity (Wildman–Crippen MR) is 64.9 cm³/mol. The molecule has 2 heteroatoms. The Bertz CT molecular complexity index is 343. The van der Waals surface area contributed by atoms with Crippen molar-refractivity contribution >= 4 is 21.6 Å². The summed E-state index contributed by atoms with van der Waals surface area (Å²) >= 11 is 1.74. The Balaban J connectivity index is 0.000000213. The zero-order valence-corrected chi connectivity index (χ0v) is 9.90. The third-order valence-electron chi connectivity index (χ3n) is 1.90. The molecule has 0 saturated heterocycles. The van der Waals surface area contributed by atoms with Gasteiger partial charge in [0.15, 0.2) is 0 Å². The molecule has 0 radical (unpaired) electrons. The number of nitrogens with zero attached hydrogens (tertiary/aromatic N) is 1. The SMILES string of the molecule is CCCC.Cc1nc2ccccc2s1. The molecule has 0 unspecified atom stereocenters. The summed E-state index contributed by atoms with van der Waals surface area (Å²) in [6.07, 6.45) is 2.64. The Morgan fingerprint density at radius 3 is 2.36 bits per heavy atom. The van der Waals surface area contributed by atoms with Gasteiger partial charge < -0.3 is 0 Å². The van der Waals surface area contributed by atoms with Gasteiger partial charge >= 0.3 is 0 Å². The van der Waals surface area contributed by atoms with Crippen LogP contribution in [-0.2, 0) is 0 Å². The van der Waals surface area contributed by atoms with Crippen LogP contribution in [0, 0.1) is 6.92 Å². The van der Waals surface area contributed by atoms with Crippen LogP contribution in [0.1, 0.15) is 31.7 Å². The van der Waals surface area contributed by atoms with E-state index in [1.54, 1.807) is 11.3 Å². The maximum absolute atomic E-state index is 4.33. The van der Waals surface area contributed by atoms with Crippen LogP contribution < -0.4 is 0 Å². The van der Waals surface area contributed by atoms with Crippen molar-refractivity contribution < 1.29 is 0 Å². The zero-order chi connectivity index (χ0) is 10.4. The molecule has 0 aliphatic rings. The number of hydrogen-bond donors (Lipinski definition) is 0. The molecule has 0 amide bonds. The normalized spacial score (nSPS) is 9.64. The molecule has 0 atom stereocenters. The molecule has 0 bridgehead atoms. The Kier molecular flexibility index (Phi) is 4.60. The highest BCUT2D eigenvalue weighted by Gasteiger charge is 1.95. The van der Waals surface area contributed by atoms with E-state index in [1.807, 2.05) is 25.1 Å². The standard InChI is InChI=1S/C8H7NS.C4H10/c1-6-9-7-4-2-3-5-8(7)10-6;1-3-4-2/h2-5H,1H3;3-4H2,1-2H3. The van der Waals surface area contributed by atoms with E-state index in [0.29, 0.717) is 0 Å². The summed E-state index contributed by atoms with van der Waals surface area (Å²) in [5, 5.41) is 1.14. The van der Waals surface area contributed by atoms with Crippen LogP contribution in [0.2, 0.25) is 0 Å². The second-order valence-electron chi connectivity index (χ2n) is 3.20. The van der Waals surface area contributed by atoms with Crippen LogP contribution in [0.5, 0.6) is 0 Å².